The summed E-state index contributed by atoms with van der Waals surface area (Å²) in [7, 11) is 1.69. The molecule has 0 saturated carbocycles. The summed E-state index contributed by atoms with van der Waals surface area (Å²) < 4.78 is 16.2. The molecule has 1 saturated heterocycles. The lowest BCUT2D eigenvalue weighted by Gasteiger charge is -2.15. The zero-order valence-electron chi connectivity index (χ0n) is 16.6. The highest BCUT2D eigenvalue weighted by Crippen LogP contribution is 2.17. The fraction of sp³-hybridized carbons (Fsp3) is 0.476. The van der Waals surface area contributed by atoms with Gasteiger partial charge >= 0.3 is 0 Å². The molecule has 0 amide bonds. The lowest BCUT2D eigenvalue weighted by atomic mass is 10.1. The topological polar surface area (TPSA) is 68.0 Å². The molecule has 2 N–H and O–H groups in total. The van der Waals surface area contributed by atoms with E-state index in [1.165, 1.54) is 5.56 Å². The van der Waals surface area contributed by atoms with Crippen LogP contribution in [0.1, 0.15) is 23.3 Å². The molecule has 2 heterocycles. The number of aryl methyl sites for hydroxylation is 1. The molecule has 0 spiro atoms. The molecule has 1 aliphatic heterocycles. The Morgan fingerprint density at radius 2 is 2.18 bits per heavy atom. The molecule has 0 aliphatic carbocycles. The largest absolute Gasteiger partial charge is 0.497 e. The molecular weight excluding hydrogens is 469 g/mol. The number of hydrogen-bond donors (Lipinski definition) is 2. The molecule has 3 rings (SSSR count). The van der Waals surface area contributed by atoms with Crippen LogP contribution in [0.5, 0.6) is 5.75 Å². The summed E-state index contributed by atoms with van der Waals surface area (Å²) in [5, 5.41) is 6.85. The number of furan rings is 1. The second-order valence-corrected chi connectivity index (χ2v) is 6.89. The third kappa shape index (κ3) is 7.35. The van der Waals surface area contributed by atoms with Gasteiger partial charge in [-0.15, -0.1) is 24.0 Å². The van der Waals surface area contributed by atoms with Crippen molar-refractivity contribution in [2.75, 3.05) is 33.4 Å². The summed E-state index contributed by atoms with van der Waals surface area (Å²) >= 11 is 0. The number of benzene rings is 1. The maximum atomic E-state index is 5.46. The van der Waals surface area contributed by atoms with E-state index in [1.807, 2.05) is 24.3 Å². The van der Waals surface area contributed by atoms with Gasteiger partial charge in [-0.1, -0.05) is 6.07 Å². The third-order valence-electron chi connectivity index (χ3n) is 4.59. The standard InChI is InChI=1S/C21H29N3O3.HI/c1-16-10-18(12-20(11-16)25-2)14-24-21(23-13-17-6-9-26-15-17)22-7-5-19-4-3-8-27-19;/h3-4,8,10-12,17H,5-7,9,13-15H2,1-2H3,(H2,22,23,24);1H. The van der Waals surface area contributed by atoms with Crippen LogP contribution in [0.4, 0.5) is 0 Å². The maximum absolute atomic E-state index is 5.46. The Balaban J connectivity index is 0.00000280. The smallest absolute Gasteiger partial charge is 0.191 e. The van der Waals surface area contributed by atoms with Crippen LogP contribution in [-0.2, 0) is 17.7 Å². The van der Waals surface area contributed by atoms with E-state index >= 15 is 0 Å². The van der Waals surface area contributed by atoms with Crippen molar-refractivity contribution in [2.24, 2.45) is 10.9 Å². The Morgan fingerprint density at radius 1 is 1.29 bits per heavy atom. The molecule has 1 aromatic carbocycles. The molecule has 1 fully saturated rings. The fourth-order valence-corrected chi connectivity index (χ4v) is 3.12. The van der Waals surface area contributed by atoms with Crippen LogP contribution in [0.15, 0.2) is 46.0 Å². The summed E-state index contributed by atoms with van der Waals surface area (Å²) in [5.41, 5.74) is 2.30. The lowest BCUT2D eigenvalue weighted by Crippen LogP contribution is -2.40. The molecule has 28 heavy (non-hydrogen) atoms. The molecule has 2 aromatic rings. The Kier molecular flexibility index (Phi) is 9.63. The number of guanidine groups is 1. The fourth-order valence-electron chi connectivity index (χ4n) is 3.12. The number of nitrogens with zero attached hydrogens (tertiary/aromatic N) is 1. The maximum Gasteiger partial charge on any atom is 0.191 e. The summed E-state index contributed by atoms with van der Waals surface area (Å²) in [4.78, 5) is 4.76. The van der Waals surface area contributed by atoms with Crippen LogP contribution in [0, 0.1) is 12.8 Å². The number of halogens is 1. The number of rotatable bonds is 8. The van der Waals surface area contributed by atoms with Gasteiger partial charge in [0.05, 0.1) is 26.5 Å². The minimum absolute atomic E-state index is 0. The predicted molar refractivity (Wildman–Crippen MR) is 122 cm³/mol. The second-order valence-electron chi connectivity index (χ2n) is 6.89. The van der Waals surface area contributed by atoms with Crippen molar-refractivity contribution in [3.05, 3.63) is 53.5 Å². The van der Waals surface area contributed by atoms with Gasteiger partial charge in [-0.3, -0.25) is 0 Å². The first-order valence-electron chi connectivity index (χ1n) is 9.50. The zero-order chi connectivity index (χ0) is 18.9. The summed E-state index contributed by atoms with van der Waals surface area (Å²) in [6.07, 6.45) is 3.62. The van der Waals surface area contributed by atoms with Gasteiger partial charge in [0.15, 0.2) is 5.96 Å². The van der Waals surface area contributed by atoms with Crippen molar-refractivity contribution in [1.29, 1.82) is 0 Å². The molecule has 1 atom stereocenters. The van der Waals surface area contributed by atoms with Crippen molar-refractivity contribution in [3.8, 4) is 5.75 Å². The van der Waals surface area contributed by atoms with E-state index in [0.717, 1.165) is 62.2 Å². The first-order chi connectivity index (χ1) is 13.2. The molecule has 6 nitrogen and oxygen atoms in total. The van der Waals surface area contributed by atoms with E-state index in [1.54, 1.807) is 13.4 Å². The molecule has 1 unspecified atom stereocenters. The van der Waals surface area contributed by atoms with Gasteiger partial charge in [0.25, 0.3) is 0 Å². The van der Waals surface area contributed by atoms with E-state index in [0.29, 0.717) is 12.5 Å². The van der Waals surface area contributed by atoms with Gasteiger partial charge in [0, 0.05) is 32.0 Å². The number of nitrogens with one attached hydrogen (secondary N) is 2. The van der Waals surface area contributed by atoms with Crippen molar-refractivity contribution in [2.45, 2.75) is 26.3 Å². The summed E-state index contributed by atoms with van der Waals surface area (Å²) in [6.45, 7) is 5.96. The SMILES string of the molecule is COc1cc(C)cc(CN=C(NCCc2ccco2)NCC2CCOC2)c1.I. The first kappa shape index (κ1) is 22.5. The van der Waals surface area contributed by atoms with Gasteiger partial charge in [0.1, 0.15) is 11.5 Å². The molecule has 0 radical (unpaired) electrons. The molecular formula is C21H30IN3O3. The van der Waals surface area contributed by atoms with E-state index in [2.05, 4.69) is 23.6 Å². The second kappa shape index (κ2) is 12.0. The van der Waals surface area contributed by atoms with E-state index in [4.69, 9.17) is 18.9 Å². The van der Waals surface area contributed by atoms with Crippen LogP contribution in [0.2, 0.25) is 0 Å². The molecule has 1 aliphatic rings. The van der Waals surface area contributed by atoms with Crippen LogP contribution in [-0.4, -0.2) is 39.4 Å². The molecule has 0 bridgehead atoms. The van der Waals surface area contributed by atoms with Crippen LogP contribution in [0.25, 0.3) is 0 Å². The highest BCUT2D eigenvalue weighted by molar-refractivity contribution is 14.0. The van der Waals surface area contributed by atoms with Crippen molar-refractivity contribution in [1.82, 2.24) is 10.6 Å². The van der Waals surface area contributed by atoms with Gasteiger partial charge in [-0.25, -0.2) is 4.99 Å². The summed E-state index contributed by atoms with van der Waals surface area (Å²) in [6, 6.07) is 10.1. The Bertz CT molecular complexity index is 729. The third-order valence-corrected chi connectivity index (χ3v) is 4.59. The Morgan fingerprint density at radius 3 is 2.89 bits per heavy atom. The highest BCUT2D eigenvalue weighted by atomic mass is 127. The van der Waals surface area contributed by atoms with Crippen LogP contribution in [0.3, 0.4) is 0 Å². The van der Waals surface area contributed by atoms with Crippen molar-refractivity contribution < 1.29 is 13.9 Å². The highest BCUT2D eigenvalue weighted by Gasteiger charge is 2.15. The van der Waals surface area contributed by atoms with E-state index < -0.39 is 0 Å². The minimum atomic E-state index is 0. The monoisotopic (exact) mass is 499 g/mol. The number of ether oxygens (including phenoxy) is 2. The number of methoxy groups -OCH3 is 1. The van der Waals surface area contributed by atoms with Crippen LogP contribution >= 0.6 is 24.0 Å². The average Bonchev–Trinajstić information content (AvgIpc) is 3.37. The minimum Gasteiger partial charge on any atom is -0.497 e. The first-order valence-corrected chi connectivity index (χ1v) is 9.50. The Hall–Kier alpha value is -1.74. The predicted octanol–water partition coefficient (Wildman–Crippen LogP) is 3.53. The normalized spacial score (nSPS) is 16.5. The van der Waals surface area contributed by atoms with Gasteiger partial charge in [-0.2, -0.15) is 0 Å². The molecule has 154 valence electrons. The van der Waals surface area contributed by atoms with Gasteiger partial charge in [0.2, 0.25) is 0 Å². The van der Waals surface area contributed by atoms with Crippen molar-refractivity contribution in [3.63, 3.8) is 0 Å². The van der Waals surface area contributed by atoms with Gasteiger partial charge < -0.3 is 24.5 Å². The van der Waals surface area contributed by atoms with Crippen LogP contribution < -0.4 is 15.4 Å². The van der Waals surface area contributed by atoms with E-state index in [-0.39, 0.29) is 24.0 Å². The van der Waals surface area contributed by atoms with Crippen molar-refractivity contribution >= 4 is 29.9 Å². The lowest BCUT2D eigenvalue weighted by molar-refractivity contribution is 0.186. The zero-order valence-corrected chi connectivity index (χ0v) is 18.9. The Labute approximate surface area is 184 Å². The number of aliphatic imine (C=N–C) groups is 1. The van der Waals surface area contributed by atoms with Gasteiger partial charge in [-0.05, 0) is 48.7 Å². The molecule has 7 heteroatoms. The average molecular weight is 499 g/mol. The van der Waals surface area contributed by atoms with E-state index in [9.17, 15) is 0 Å². The quantitative estimate of drug-likeness (QED) is 0.331. The molecule has 1 aromatic heterocycles. The number of hydrogen-bond acceptors (Lipinski definition) is 4. The summed E-state index contributed by atoms with van der Waals surface area (Å²) in [5.74, 6) is 3.19.